The number of nitrogens with one attached hydrogen (secondary N) is 2. The lowest BCUT2D eigenvalue weighted by molar-refractivity contribution is -0.123. The maximum absolute atomic E-state index is 12.8. The summed E-state index contributed by atoms with van der Waals surface area (Å²) in [6, 6.07) is 17.1. The molecule has 0 aliphatic rings. The third kappa shape index (κ3) is 8.21. The van der Waals surface area contributed by atoms with Gasteiger partial charge in [0.05, 0.1) is 27.3 Å². The van der Waals surface area contributed by atoms with Crippen LogP contribution >= 0.6 is 39.1 Å². The van der Waals surface area contributed by atoms with Crippen LogP contribution in [-0.4, -0.2) is 30.7 Å². The third-order valence-electron chi connectivity index (χ3n) is 5.36. The molecule has 0 saturated carbocycles. The molecule has 3 aromatic carbocycles. The maximum Gasteiger partial charge on any atom is 0.262 e. The highest BCUT2D eigenvalue weighted by molar-refractivity contribution is 9.10. The summed E-state index contributed by atoms with van der Waals surface area (Å²) in [6.45, 7) is 6.35. The minimum atomic E-state index is -0.825. The van der Waals surface area contributed by atoms with Crippen molar-refractivity contribution in [3.05, 3.63) is 91.9 Å². The van der Waals surface area contributed by atoms with Crippen LogP contribution in [0.1, 0.15) is 42.3 Å². The number of amides is 2. The Hall–Kier alpha value is -3.07. The maximum atomic E-state index is 12.8. The van der Waals surface area contributed by atoms with E-state index in [0.29, 0.717) is 45.3 Å². The predicted octanol–water partition coefficient (Wildman–Crippen LogP) is 6.64. The van der Waals surface area contributed by atoms with E-state index in [2.05, 4.69) is 31.8 Å². The number of rotatable bonds is 11. The zero-order chi connectivity index (χ0) is 27.7. The lowest BCUT2D eigenvalue weighted by atomic mass is 10.0. The number of halogens is 3. The molecule has 0 spiro atoms. The second-order valence-electron chi connectivity index (χ2n) is 8.60. The lowest BCUT2D eigenvalue weighted by Crippen LogP contribution is -2.48. The van der Waals surface area contributed by atoms with Crippen LogP contribution in [0.25, 0.3) is 0 Å². The summed E-state index contributed by atoms with van der Waals surface area (Å²) in [6.07, 6.45) is 1.49. The van der Waals surface area contributed by atoms with E-state index in [1.54, 1.807) is 6.07 Å². The molecule has 0 aliphatic carbocycles. The van der Waals surface area contributed by atoms with Gasteiger partial charge >= 0.3 is 0 Å². The van der Waals surface area contributed by atoms with E-state index < -0.39 is 17.9 Å². The first-order valence-electron chi connectivity index (χ1n) is 11.9. The normalized spacial score (nSPS) is 11.9. The van der Waals surface area contributed by atoms with Crippen LogP contribution in [0.5, 0.6) is 11.5 Å². The molecule has 0 aromatic heterocycles. The molecule has 200 valence electrons. The second-order valence-corrected chi connectivity index (χ2v) is 10.3. The first kappa shape index (κ1) is 29.5. The van der Waals surface area contributed by atoms with Gasteiger partial charge in [-0.25, -0.2) is 5.43 Å². The Balaban J connectivity index is 1.68. The molecule has 3 aromatic rings. The lowest BCUT2D eigenvalue weighted by Gasteiger charge is -2.20. The van der Waals surface area contributed by atoms with E-state index in [-0.39, 0.29) is 10.9 Å². The number of hydrazone groups is 1. The molecule has 1 atom stereocenters. The van der Waals surface area contributed by atoms with Crippen molar-refractivity contribution in [1.82, 2.24) is 10.7 Å². The quantitative estimate of drug-likeness (QED) is 0.186. The molecule has 10 heteroatoms. The first-order valence-corrected chi connectivity index (χ1v) is 13.5. The van der Waals surface area contributed by atoms with Crippen molar-refractivity contribution in [2.75, 3.05) is 6.61 Å². The summed E-state index contributed by atoms with van der Waals surface area (Å²) in [5, 5.41) is 7.40. The van der Waals surface area contributed by atoms with Gasteiger partial charge in [-0.2, -0.15) is 5.10 Å². The van der Waals surface area contributed by atoms with Crippen molar-refractivity contribution in [3.8, 4) is 11.5 Å². The molecule has 0 saturated heterocycles. The summed E-state index contributed by atoms with van der Waals surface area (Å²) in [7, 11) is 0. The number of hydrogen-bond donors (Lipinski definition) is 2. The van der Waals surface area contributed by atoms with Crippen molar-refractivity contribution in [2.45, 2.75) is 33.4 Å². The van der Waals surface area contributed by atoms with Crippen LogP contribution in [0.15, 0.2) is 70.2 Å². The average Bonchev–Trinajstić information content (AvgIpc) is 2.88. The van der Waals surface area contributed by atoms with Crippen molar-refractivity contribution in [1.29, 1.82) is 0 Å². The molecular formula is C28H28BrCl2N3O4. The molecular weight excluding hydrogens is 593 g/mol. The third-order valence-corrected chi connectivity index (χ3v) is 6.69. The van der Waals surface area contributed by atoms with Gasteiger partial charge < -0.3 is 14.8 Å². The highest BCUT2D eigenvalue weighted by atomic mass is 79.9. The monoisotopic (exact) mass is 619 g/mol. The Labute approximate surface area is 240 Å². The number of ether oxygens (including phenoxy) is 2. The zero-order valence-electron chi connectivity index (χ0n) is 21.1. The van der Waals surface area contributed by atoms with Gasteiger partial charge in [-0.15, -0.1) is 0 Å². The Kier molecular flexibility index (Phi) is 11.0. The molecule has 0 aliphatic heterocycles. The fourth-order valence-corrected chi connectivity index (χ4v) is 4.30. The molecule has 0 heterocycles. The summed E-state index contributed by atoms with van der Waals surface area (Å²) in [5.74, 6) is 0.00678. The molecule has 3 rings (SSSR count). The standard InChI is InChI=1S/C28H28BrCl2N3O4/c1-4-37-24-13-19(12-21(29)26(24)38-16-18-8-6-5-7-9-18)15-32-34-28(36)25(17(2)3)33-27(35)20-10-11-22(30)23(31)14-20/h5-15,17,25H,4,16H2,1-3H3,(H,33,35)(H,34,36). The molecule has 0 fully saturated rings. The molecule has 2 N–H and O–H groups in total. The number of carbonyl (C=O) groups excluding carboxylic acids is 2. The second kappa shape index (κ2) is 14.2. The number of nitrogens with zero attached hydrogens (tertiary/aromatic N) is 1. The number of carbonyl (C=O) groups is 2. The van der Waals surface area contributed by atoms with Crippen molar-refractivity contribution < 1.29 is 19.1 Å². The Bertz CT molecular complexity index is 1300. The van der Waals surface area contributed by atoms with E-state index in [4.69, 9.17) is 32.7 Å². The summed E-state index contributed by atoms with van der Waals surface area (Å²) in [4.78, 5) is 25.5. The minimum Gasteiger partial charge on any atom is -0.490 e. The van der Waals surface area contributed by atoms with Gasteiger partial charge in [-0.1, -0.05) is 67.4 Å². The zero-order valence-corrected chi connectivity index (χ0v) is 24.2. The summed E-state index contributed by atoms with van der Waals surface area (Å²) in [5.41, 5.74) is 4.50. The first-order chi connectivity index (χ1) is 18.2. The van der Waals surface area contributed by atoms with Gasteiger partial charge in [0, 0.05) is 5.56 Å². The SMILES string of the molecule is CCOc1cc(C=NNC(=O)C(NC(=O)c2ccc(Cl)c(Cl)c2)C(C)C)cc(Br)c1OCc1ccccc1. The van der Waals surface area contributed by atoms with E-state index >= 15 is 0 Å². The van der Waals surface area contributed by atoms with Gasteiger partial charge in [0.2, 0.25) is 0 Å². The summed E-state index contributed by atoms with van der Waals surface area (Å²) < 4.78 is 12.5. The van der Waals surface area contributed by atoms with E-state index in [0.717, 1.165) is 5.56 Å². The fourth-order valence-electron chi connectivity index (χ4n) is 3.43. The van der Waals surface area contributed by atoms with E-state index in [1.165, 1.54) is 24.4 Å². The predicted molar refractivity (Wildman–Crippen MR) is 154 cm³/mol. The Morgan fingerprint density at radius 2 is 1.76 bits per heavy atom. The van der Waals surface area contributed by atoms with Crippen LogP contribution in [0, 0.1) is 5.92 Å². The Morgan fingerprint density at radius 3 is 2.42 bits per heavy atom. The smallest absolute Gasteiger partial charge is 0.262 e. The molecule has 38 heavy (non-hydrogen) atoms. The van der Waals surface area contributed by atoms with E-state index in [1.807, 2.05) is 57.2 Å². The van der Waals surface area contributed by atoms with Crippen molar-refractivity contribution in [2.24, 2.45) is 11.0 Å². The van der Waals surface area contributed by atoms with Crippen LogP contribution in [0.2, 0.25) is 10.0 Å². The van der Waals surface area contributed by atoms with Crippen molar-refractivity contribution >= 4 is 57.2 Å². The van der Waals surface area contributed by atoms with Crippen molar-refractivity contribution in [3.63, 3.8) is 0 Å². The molecule has 0 bridgehead atoms. The highest BCUT2D eigenvalue weighted by Gasteiger charge is 2.25. The molecule has 7 nitrogen and oxygen atoms in total. The minimum absolute atomic E-state index is 0.198. The molecule has 2 amide bonds. The van der Waals surface area contributed by atoms with Crippen LogP contribution in [0.4, 0.5) is 0 Å². The van der Waals surface area contributed by atoms with E-state index in [9.17, 15) is 9.59 Å². The Morgan fingerprint density at radius 1 is 1.03 bits per heavy atom. The highest BCUT2D eigenvalue weighted by Crippen LogP contribution is 2.37. The van der Waals surface area contributed by atoms with Crippen LogP contribution in [0.3, 0.4) is 0 Å². The van der Waals surface area contributed by atoms with Gasteiger partial charge in [-0.3, -0.25) is 9.59 Å². The largest absolute Gasteiger partial charge is 0.490 e. The van der Waals surface area contributed by atoms with Gasteiger partial charge in [0.15, 0.2) is 11.5 Å². The van der Waals surface area contributed by atoms with Crippen LogP contribution in [-0.2, 0) is 11.4 Å². The number of benzene rings is 3. The molecule has 1 unspecified atom stereocenters. The fraction of sp³-hybridized carbons (Fsp3) is 0.250. The van der Waals surface area contributed by atoms with Gasteiger partial charge in [0.25, 0.3) is 11.8 Å². The molecule has 0 radical (unpaired) electrons. The number of hydrogen-bond acceptors (Lipinski definition) is 5. The van der Waals surface area contributed by atoms with Gasteiger partial charge in [-0.05, 0) is 70.2 Å². The topological polar surface area (TPSA) is 89.0 Å². The summed E-state index contributed by atoms with van der Waals surface area (Å²) >= 11 is 15.5. The van der Waals surface area contributed by atoms with Crippen LogP contribution < -0.4 is 20.2 Å². The average molecular weight is 621 g/mol. The van der Waals surface area contributed by atoms with Gasteiger partial charge in [0.1, 0.15) is 12.6 Å².